The number of hydrogen-bond donors (Lipinski definition) is 2. The van der Waals surface area contributed by atoms with Crippen LogP contribution >= 0.6 is 0 Å². The maximum Gasteiger partial charge on any atom is 0.226 e. The maximum absolute atomic E-state index is 14.6. The van der Waals surface area contributed by atoms with Gasteiger partial charge in [0.2, 0.25) is 6.29 Å². The van der Waals surface area contributed by atoms with Crippen molar-refractivity contribution in [3.05, 3.63) is 53.6 Å². The fraction of sp³-hybridized carbons (Fsp3) is 0.278. The van der Waals surface area contributed by atoms with E-state index < -0.39 is 6.29 Å². The summed E-state index contributed by atoms with van der Waals surface area (Å²) >= 11 is 0. The van der Waals surface area contributed by atoms with E-state index in [4.69, 9.17) is 4.74 Å². The zero-order chi connectivity index (χ0) is 16.5. The number of nitrogens with zero attached hydrogens (tertiary/aromatic N) is 2. The van der Waals surface area contributed by atoms with Gasteiger partial charge in [-0.15, -0.1) is 0 Å². The minimum atomic E-state index is -1.16. The number of halogens is 1. The Morgan fingerprint density at radius 2 is 2.08 bits per heavy atom. The highest BCUT2D eigenvalue weighted by atomic mass is 19.1. The first-order valence-electron chi connectivity index (χ1n) is 7.99. The normalized spacial score (nSPS) is 20.2. The van der Waals surface area contributed by atoms with Crippen molar-refractivity contribution >= 4 is 17.3 Å². The molecule has 2 aromatic rings. The van der Waals surface area contributed by atoms with Crippen LogP contribution in [0.2, 0.25) is 0 Å². The molecule has 0 aliphatic carbocycles. The molecule has 1 fully saturated rings. The third kappa shape index (κ3) is 2.74. The molecule has 1 aromatic carbocycles. The summed E-state index contributed by atoms with van der Waals surface area (Å²) in [4.78, 5) is 6.31. The number of anilines is 1. The van der Waals surface area contributed by atoms with Gasteiger partial charge in [-0.05, 0) is 24.3 Å². The van der Waals surface area contributed by atoms with Crippen LogP contribution in [0.5, 0.6) is 5.75 Å². The van der Waals surface area contributed by atoms with Crippen molar-refractivity contribution in [2.24, 2.45) is 0 Å². The molecule has 0 spiro atoms. The summed E-state index contributed by atoms with van der Waals surface area (Å²) in [7, 11) is 0. The lowest BCUT2D eigenvalue weighted by atomic mass is 10.0. The Morgan fingerprint density at radius 1 is 1.25 bits per heavy atom. The maximum atomic E-state index is 14.6. The predicted octanol–water partition coefficient (Wildman–Crippen LogP) is 1.88. The molecule has 24 heavy (non-hydrogen) atoms. The van der Waals surface area contributed by atoms with E-state index in [-0.39, 0.29) is 5.82 Å². The number of fused-ring (bicyclic) bond motifs is 1. The molecule has 3 heterocycles. The smallest absolute Gasteiger partial charge is 0.226 e. The summed E-state index contributed by atoms with van der Waals surface area (Å²) in [6.07, 6.45) is 2.08. The monoisotopic (exact) mass is 327 g/mol. The number of rotatable bonds is 2. The summed E-state index contributed by atoms with van der Waals surface area (Å²) in [6, 6.07) is 8.68. The lowest BCUT2D eigenvalue weighted by Gasteiger charge is -2.31. The summed E-state index contributed by atoms with van der Waals surface area (Å²) in [6.45, 7) is 3.36. The largest absolute Gasteiger partial charge is 0.460 e. The fourth-order valence-corrected chi connectivity index (χ4v) is 3.07. The Labute approximate surface area is 139 Å². The van der Waals surface area contributed by atoms with E-state index in [2.05, 4.69) is 15.2 Å². The molecular formula is C18H18FN3O2. The Morgan fingerprint density at radius 3 is 2.83 bits per heavy atom. The number of benzene rings is 1. The Bertz CT molecular complexity index is 773. The van der Waals surface area contributed by atoms with Crippen LogP contribution < -0.4 is 15.0 Å². The molecule has 0 bridgehead atoms. The number of ether oxygens (including phenoxy) is 1. The number of aromatic nitrogens is 1. The van der Waals surface area contributed by atoms with Crippen molar-refractivity contribution in [1.29, 1.82) is 0 Å². The van der Waals surface area contributed by atoms with Gasteiger partial charge >= 0.3 is 0 Å². The topological polar surface area (TPSA) is 57.6 Å². The zero-order valence-electron chi connectivity index (χ0n) is 13.1. The van der Waals surface area contributed by atoms with Crippen molar-refractivity contribution in [3.63, 3.8) is 0 Å². The van der Waals surface area contributed by atoms with Crippen LogP contribution in [0.25, 0.3) is 11.6 Å². The summed E-state index contributed by atoms with van der Waals surface area (Å²) in [5.74, 6) is -0.00271. The fourth-order valence-electron chi connectivity index (χ4n) is 3.07. The van der Waals surface area contributed by atoms with E-state index in [1.54, 1.807) is 30.5 Å². The molecule has 5 nitrogen and oxygen atoms in total. The predicted molar refractivity (Wildman–Crippen MR) is 90.2 cm³/mol. The molecule has 2 aliphatic rings. The molecule has 1 aromatic heterocycles. The molecule has 0 saturated carbocycles. The number of aliphatic hydroxyl groups excluding tert-OH is 1. The van der Waals surface area contributed by atoms with Crippen LogP contribution in [0, 0.1) is 5.82 Å². The van der Waals surface area contributed by atoms with Crippen LogP contribution in [0.3, 0.4) is 0 Å². The number of aliphatic hydroxyl groups is 1. The standard InChI is InChI=1S/C18H18FN3O2/c19-15-9-12(22-7-5-20-6-8-22)10-17-13(15)11-14(18(23)24-17)16-3-1-2-4-21-16/h1-4,9-11,18,20,23H,5-8H2. The number of piperazine rings is 1. The van der Waals surface area contributed by atoms with Gasteiger partial charge in [-0.1, -0.05) is 6.07 Å². The van der Waals surface area contributed by atoms with Crippen molar-refractivity contribution in [3.8, 4) is 5.75 Å². The highest BCUT2D eigenvalue weighted by molar-refractivity contribution is 5.86. The molecule has 2 N–H and O–H groups in total. The van der Waals surface area contributed by atoms with E-state index in [0.29, 0.717) is 22.6 Å². The average Bonchev–Trinajstić information content (AvgIpc) is 2.62. The minimum Gasteiger partial charge on any atom is -0.460 e. The van der Waals surface area contributed by atoms with Gasteiger partial charge in [0.15, 0.2) is 0 Å². The molecule has 2 aliphatic heterocycles. The molecule has 1 unspecified atom stereocenters. The van der Waals surface area contributed by atoms with Crippen LogP contribution in [0.1, 0.15) is 11.3 Å². The second-order valence-corrected chi connectivity index (χ2v) is 5.86. The van der Waals surface area contributed by atoms with Crippen LogP contribution in [0.4, 0.5) is 10.1 Å². The van der Waals surface area contributed by atoms with E-state index in [1.165, 1.54) is 6.07 Å². The lowest BCUT2D eigenvalue weighted by molar-refractivity contribution is 0.0314. The van der Waals surface area contributed by atoms with Gasteiger partial charge in [-0.25, -0.2) is 4.39 Å². The first-order chi connectivity index (χ1) is 11.7. The zero-order valence-corrected chi connectivity index (χ0v) is 13.1. The van der Waals surface area contributed by atoms with Gasteiger partial charge < -0.3 is 20.1 Å². The van der Waals surface area contributed by atoms with E-state index >= 15 is 0 Å². The van der Waals surface area contributed by atoms with Gasteiger partial charge in [0.1, 0.15) is 11.6 Å². The van der Waals surface area contributed by atoms with Gasteiger partial charge in [0, 0.05) is 49.7 Å². The van der Waals surface area contributed by atoms with Crippen LogP contribution in [0.15, 0.2) is 36.5 Å². The highest BCUT2D eigenvalue weighted by Gasteiger charge is 2.26. The number of hydrogen-bond acceptors (Lipinski definition) is 5. The van der Waals surface area contributed by atoms with Crippen molar-refractivity contribution < 1.29 is 14.2 Å². The molecule has 1 saturated heterocycles. The molecule has 6 heteroatoms. The SMILES string of the molecule is OC1Oc2cc(N3CCNCC3)cc(F)c2C=C1c1ccccn1. The molecule has 0 amide bonds. The van der Waals surface area contributed by atoms with Crippen molar-refractivity contribution in [2.45, 2.75) is 6.29 Å². The summed E-state index contributed by atoms with van der Waals surface area (Å²) in [5.41, 5.74) is 2.15. The third-order valence-corrected chi connectivity index (χ3v) is 4.32. The van der Waals surface area contributed by atoms with E-state index in [9.17, 15) is 9.50 Å². The van der Waals surface area contributed by atoms with Gasteiger partial charge in [-0.2, -0.15) is 0 Å². The Hall–Kier alpha value is -2.44. The lowest BCUT2D eigenvalue weighted by Crippen LogP contribution is -2.43. The third-order valence-electron chi connectivity index (χ3n) is 4.32. The minimum absolute atomic E-state index is 0.347. The molecule has 1 atom stereocenters. The van der Waals surface area contributed by atoms with Gasteiger partial charge in [0.05, 0.1) is 11.3 Å². The number of nitrogens with one attached hydrogen (secondary N) is 1. The quantitative estimate of drug-likeness (QED) is 0.882. The first kappa shape index (κ1) is 15.1. The molecule has 4 rings (SSSR count). The second-order valence-electron chi connectivity index (χ2n) is 5.86. The molecule has 0 radical (unpaired) electrons. The summed E-state index contributed by atoms with van der Waals surface area (Å²) < 4.78 is 20.2. The molecular weight excluding hydrogens is 309 g/mol. The Balaban J connectivity index is 1.73. The van der Waals surface area contributed by atoms with Crippen molar-refractivity contribution in [2.75, 3.05) is 31.1 Å². The van der Waals surface area contributed by atoms with Crippen molar-refractivity contribution in [1.82, 2.24) is 10.3 Å². The summed E-state index contributed by atoms with van der Waals surface area (Å²) in [5, 5.41) is 13.6. The van der Waals surface area contributed by atoms with Gasteiger partial charge in [-0.3, -0.25) is 4.98 Å². The highest BCUT2D eigenvalue weighted by Crippen LogP contribution is 2.37. The number of pyridine rings is 1. The first-order valence-corrected chi connectivity index (χ1v) is 7.99. The van der Waals surface area contributed by atoms with Crippen LogP contribution in [-0.2, 0) is 0 Å². The average molecular weight is 327 g/mol. The van der Waals surface area contributed by atoms with Crippen LogP contribution in [-0.4, -0.2) is 42.6 Å². The van der Waals surface area contributed by atoms with E-state index in [0.717, 1.165) is 31.9 Å². The Kier molecular flexibility index (Phi) is 3.92. The molecule has 124 valence electrons. The van der Waals surface area contributed by atoms with E-state index in [1.807, 2.05) is 6.07 Å². The second kappa shape index (κ2) is 6.22. The van der Waals surface area contributed by atoms with Gasteiger partial charge in [0.25, 0.3) is 0 Å².